The number of nitrogens with zero attached hydrogens (tertiary/aromatic N) is 1. The third-order valence-corrected chi connectivity index (χ3v) is 9.93. The Morgan fingerprint density at radius 3 is 2.71 bits per heavy atom. The molecule has 0 radical (unpaired) electrons. The van der Waals surface area contributed by atoms with Crippen molar-refractivity contribution in [1.82, 2.24) is 4.98 Å². The highest BCUT2D eigenvalue weighted by molar-refractivity contribution is 5.72. The number of rotatable bonds is 2. The van der Waals surface area contributed by atoms with Crippen LogP contribution in [0.25, 0.3) is 5.57 Å². The van der Waals surface area contributed by atoms with Crippen LogP contribution in [0, 0.1) is 34.5 Å². The Morgan fingerprint density at radius 1 is 0.964 bits per heavy atom. The lowest BCUT2D eigenvalue weighted by Crippen LogP contribution is -2.51. The number of pyridine rings is 1. The van der Waals surface area contributed by atoms with Crippen LogP contribution in [-0.2, 0) is 6.42 Å². The topological polar surface area (TPSA) is 12.9 Å². The van der Waals surface area contributed by atoms with E-state index in [4.69, 9.17) is 0 Å². The Morgan fingerprint density at radius 2 is 1.86 bits per heavy atom. The lowest BCUT2D eigenvalue weighted by Gasteiger charge is -2.59. The maximum absolute atomic E-state index is 4.58. The van der Waals surface area contributed by atoms with Crippen LogP contribution >= 0.6 is 0 Å². The van der Waals surface area contributed by atoms with Gasteiger partial charge in [0.05, 0.1) is 0 Å². The van der Waals surface area contributed by atoms with Gasteiger partial charge < -0.3 is 0 Å². The molecule has 3 unspecified atom stereocenters. The number of allylic oxidation sites excluding steroid dienone is 2. The van der Waals surface area contributed by atoms with Crippen LogP contribution in [0.15, 0.2) is 24.5 Å². The molecule has 3 saturated carbocycles. The average Bonchev–Trinajstić information content (AvgIpc) is 2.94. The minimum atomic E-state index is 0.378. The number of aryl methyl sites for hydroxylation is 1. The molecule has 28 heavy (non-hydrogen) atoms. The molecule has 1 aromatic rings. The molecule has 1 heterocycles. The molecule has 0 aliphatic heterocycles. The van der Waals surface area contributed by atoms with Crippen LogP contribution in [0.5, 0.6) is 0 Å². The van der Waals surface area contributed by atoms with Crippen molar-refractivity contribution in [2.45, 2.75) is 91.4 Å². The van der Waals surface area contributed by atoms with Gasteiger partial charge in [-0.3, -0.25) is 4.98 Å². The molecule has 0 saturated heterocycles. The summed E-state index contributed by atoms with van der Waals surface area (Å²) in [4.78, 5) is 4.58. The molecule has 3 fully saturated rings. The molecule has 0 amide bonds. The van der Waals surface area contributed by atoms with Gasteiger partial charge in [-0.15, -0.1) is 0 Å². The van der Waals surface area contributed by atoms with Gasteiger partial charge in [0.25, 0.3) is 0 Å². The van der Waals surface area contributed by atoms with Gasteiger partial charge in [0.15, 0.2) is 0 Å². The second kappa shape index (κ2) is 6.99. The fraction of sp³-hybridized carbons (Fsp3) is 0.741. The summed E-state index contributed by atoms with van der Waals surface area (Å²) in [5.74, 6) is 3.82. The summed E-state index contributed by atoms with van der Waals surface area (Å²) in [6.45, 7) is 7.55. The first kappa shape index (κ1) is 18.9. The van der Waals surface area contributed by atoms with Gasteiger partial charge in [-0.25, -0.2) is 0 Å². The normalized spacial score (nSPS) is 42.8. The van der Waals surface area contributed by atoms with Crippen LogP contribution in [-0.4, -0.2) is 4.98 Å². The predicted molar refractivity (Wildman–Crippen MR) is 118 cm³/mol. The van der Waals surface area contributed by atoms with E-state index >= 15 is 0 Å². The first-order valence-corrected chi connectivity index (χ1v) is 12.2. The summed E-state index contributed by atoms with van der Waals surface area (Å²) in [6, 6.07) is 2.42. The highest BCUT2D eigenvalue weighted by atomic mass is 14.6. The van der Waals surface area contributed by atoms with Crippen molar-refractivity contribution in [1.29, 1.82) is 0 Å². The maximum Gasteiger partial charge on any atom is 0.0343 e. The van der Waals surface area contributed by atoms with E-state index in [1.807, 2.05) is 6.20 Å². The lowest BCUT2D eigenvalue weighted by molar-refractivity contribution is -0.0808. The van der Waals surface area contributed by atoms with E-state index < -0.39 is 0 Å². The van der Waals surface area contributed by atoms with Crippen molar-refractivity contribution >= 4 is 5.57 Å². The highest BCUT2D eigenvalue weighted by Gasteiger charge is 2.57. The number of fused-ring (bicyclic) bond motifs is 5. The maximum atomic E-state index is 4.58. The minimum absolute atomic E-state index is 0.378. The van der Waals surface area contributed by atoms with Crippen molar-refractivity contribution < 1.29 is 0 Å². The Balaban J connectivity index is 1.44. The molecule has 1 nitrogen and oxygen atoms in total. The molecule has 0 N–H and O–H groups in total. The fourth-order valence-electron chi connectivity index (χ4n) is 8.32. The quantitative estimate of drug-likeness (QED) is 0.521. The zero-order valence-corrected chi connectivity index (χ0v) is 18.3. The highest BCUT2D eigenvalue weighted by Crippen LogP contribution is 2.67. The summed E-state index contributed by atoms with van der Waals surface area (Å²) in [5.41, 5.74) is 5.44. The third kappa shape index (κ3) is 2.75. The fourth-order valence-corrected chi connectivity index (χ4v) is 8.32. The molecule has 152 valence electrons. The van der Waals surface area contributed by atoms with E-state index in [1.165, 1.54) is 75.3 Å². The molecular formula is C27H39N. The number of hydrogen-bond donors (Lipinski definition) is 0. The predicted octanol–water partition coefficient (Wildman–Crippen LogP) is 7.46. The first-order chi connectivity index (χ1) is 13.6. The molecule has 5 rings (SSSR count). The zero-order valence-electron chi connectivity index (χ0n) is 18.3. The smallest absolute Gasteiger partial charge is 0.0343 e. The van der Waals surface area contributed by atoms with Crippen LogP contribution in [0.1, 0.15) is 96.1 Å². The summed E-state index contributed by atoms with van der Waals surface area (Å²) in [7, 11) is 0. The SMILES string of the molecule is CCc1cncc(C2=CCC3[C@@H]4CCC5CCCCC[C@]5(C)C4CC[C@]23C)c1. The van der Waals surface area contributed by atoms with Gasteiger partial charge >= 0.3 is 0 Å². The summed E-state index contributed by atoms with van der Waals surface area (Å²) < 4.78 is 0. The van der Waals surface area contributed by atoms with Gasteiger partial charge in [0.2, 0.25) is 0 Å². The molecule has 4 aliphatic carbocycles. The van der Waals surface area contributed by atoms with Gasteiger partial charge in [-0.1, -0.05) is 46.1 Å². The van der Waals surface area contributed by atoms with Crippen molar-refractivity contribution in [2.75, 3.05) is 0 Å². The van der Waals surface area contributed by atoms with Crippen molar-refractivity contribution in [3.63, 3.8) is 0 Å². The van der Waals surface area contributed by atoms with E-state index in [0.717, 1.165) is 30.1 Å². The van der Waals surface area contributed by atoms with Crippen LogP contribution in [0.4, 0.5) is 0 Å². The van der Waals surface area contributed by atoms with E-state index in [1.54, 1.807) is 5.57 Å². The molecular weight excluding hydrogens is 338 g/mol. The molecule has 1 aromatic heterocycles. The second-order valence-electron chi connectivity index (χ2n) is 11.0. The van der Waals surface area contributed by atoms with Crippen LogP contribution in [0.2, 0.25) is 0 Å². The molecule has 0 aromatic carbocycles. The molecule has 1 heteroatoms. The van der Waals surface area contributed by atoms with E-state index in [0.29, 0.717) is 10.8 Å². The van der Waals surface area contributed by atoms with Gasteiger partial charge in [-0.2, -0.15) is 0 Å². The van der Waals surface area contributed by atoms with Crippen molar-refractivity contribution in [3.8, 4) is 0 Å². The van der Waals surface area contributed by atoms with Gasteiger partial charge in [-0.05, 0) is 109 Å². The molecule has 0 spiro atoms. The largest absolute Gasteiger partial charge is 0.264 e. The van der Waals surface area contributed by atoms with Gasteiger partial charge in [0.1, 0.15) is 0 Å². The summed E-state index contributed by atoms with van der Waals surface area (Å²) >= 11 is 0. The van der Waals surface area contributed by atoms with Crippen LogP contribution < -0.4 is 0 Å². The lowest BCUT2D eigenvalue weighted by atomic mass is 9.46. The zero-order chi connectivity index (χ0) is 19.4. The second-order valence-corrected chi connectivity index (χ2v) is 11.0. The number of hydrogen-bond acceptors (Lipinski definition) is 1. The Bertz CT molecular complexity index is 763. The van der Waals surface area contributed by atoms with Crippen LogP contribution in [0.3, 0.4) is 0 Å². The van der Waals surface area contributed by atoms with Crippen molar-refractivity contribution in [2.24, 2.45) is 34.5 Å². The molecule has 0 bridgehead atoms. The Kier molecular flexibility index (Phi) is 4.72. The van der Waals surface area contributed by atoms with Crippen molar-refractivity contribution in [3.05, 3.63) is 35.7 Å². The summed E-state index contributed by atoms with van der Waals surface area (Å²) in [6.07, 6.45) is 22.5. The number of aromatic nitrogens is 1. The average molecular weight is 378 g/mol. The minimum Gasteiger partial charge on any atom is -0.264 e. The summed E-state index contributed by atoms with van der Waals surface area (Å²) in [5, 5.41) is 0. The first-order valence-electron chi connectivity index (χ1n) is 12.2. The standard InChI is InChI=1S/C27H39N/c1-4-19-16-20(18-28-17-19)23-11-12-24-22-10-9-21-8-6-5-7-14-26(21,2)25(22)13-15-27(23,24)3/h11,16-18,21-22,24-25H,4-10,12-15H2,1-3H3/t21?,22-,24?,25?,26-,27+/m0/s1. The van der Waals surface area contributed by atoms with Gasteiger partial charge in [0, 0.05) is 12.4 Å². The Hall–Kier alpha value is -1.11. The van der Waals surface area contributed by atoms with E-state index in [-0.39, 0.29) is 0 Å². The third-order valence-electron chi connectivity index (χ3n) is 9.93. The van der Waals surface area contributed by atoms with E-state index in [2.05, 4.69) is 44.1 Å². The monoisotopic (exact) mass is 377 g/mol. The molecule has 6 atom stereocenters. The molecule has 4 aliphatic rings. The van der Waals surface area contributed by atoms with E-state index in [9.17, 15) is 0 Å². The Labute approximate surface area is 172 Å².